The van der Waals surface area contributed by atoms with E-state index in [1.807, 2.05) is 0 Å². The van der Waals surface area contributed by atoms with Gasteiger partial charge in [0.2, 0.25) is 11.6 Å². The summed E-state index contributed by atoms with van der Waals surface area (Å²) in [6.07, 6.45) is 2.41. The number of nitrogens with zero attached hydrogens (tertiary/aromatic N) is 2. The third-order valence-electron chi connectivity index (χ3n) is 6.14. The number of hydrogen-bond acceptors (Lipinski definition) is 5. The molecule has 0 N–H and O–H groups in total. The van der Waals surface area contributed by atoms with E-state index in [0.717, 1.165) is 12.8 Å². The molecular formula is C24H23FN2O5. The molecule has 2 aliphatic heterocycles. The molecule has 0 bridgehead atoms. The fourth-order valence-corrected chi connectivity index (χ4v) is 4.57. The van der Waals surface area contributed by atoms with Crippen LogP contribution in [0.2, 0.25) is 0 Å². The number of rotatable bonds is 7. The van der Waals surface area contributed by atoms with E-state index in [0.29, 0.717) is 23.4 Å². The fourth-order valence-electron chi connectivity index (χ4n) is 4.57. The Morgan fingerprint density at radius 3 is 2.56 bits per heavy atom. The number of fused-ring (bicyclic) bond motifs is 3. The van der Waals surface area contributed by atoms with Crippen molar-refractivity contribution in [2.24, 2.45) is 0 Å². The average molecular weight is 438 g/mol. The van der Waals surface area contributed by atoms with Gasteiger partial charge in [-0.1, -0.05) is 12.1 Å². The molecule has 32 heavy (non-hydrogen) atoms. The summed E-state index contributed by atoms with van der Waals surface area (Å²) < 4.78 is 24.1. The van der Waals surface area contributed by atoms with Gasteiger partial charge in [0.05, 0.1) is 24.5 Å². The predicted octanol–water partition coefficient (Wildman–Crippen LogP) is 3.28. The molecule has 3 aliphatic rings. The Bertz CT molecular complexity index is 1070. The summed E-state index contributed by atoms with van der Waals surface area (Å²) in [5, 5.41) is 0. The maximum atomic E-state index is 13.4. The Morgan fingerprint density at radius 2 is 1.81 bits per heavy atom. The summed E-state index contributed by atoms with van der Waals surface area (Å²) in [7, 11) is 0. The second-order valence-corrected chi connectivity index (χ2v) is 8.26. The van der Waals surface area contributed by atoms with Gasteiger partial charge in [-0.2, -0.15) is 0 Å². The smallest absolute Gasteiger partial charge is 0.353 e. The number of carbonyl (C=O) groups is 3. The molecule has 5 rings (SSSR count). The Labute approximate surface area is 184 Å². The van der Waals surface area contributed by atoms with E-state index >= 15 is 0 Å². The highest BCUT2D eigenvalue weighted by Crippen LogP contribution is 2.49. The Kier molecular flexibility index (Phi) is 5.07. The highest BCUT2D eigenvalue weighted by Gasteiger charge is 2.64. The number of ether oxygens (including phenoxy) is 2. The van der Waals surface area contributed by atoms with Crippen molar-refractivity contribution >= 4 is 23.5 Å². The van der Waals surface area contributed by atoms with Crippen LogP contribution in [-0.4, -0.2) is 47.6 Å². The molecule has 8 heteroatoms. The molecule has 166 valence electrons. The number of halogens is 1. The number of esters is 1. The van der Waals surface area contributed by atoms with Crippen LogP contribution < -0.4 is 9.64 Å². The summed E-state index contributed by atoms with van der Waals surface area (Å²) in [5.74, 6) is -0.818. The van der Waals surface area contributed by atoms with Crippen LogP contribution >= 0.6 is 0 Å². The van der Waals surface area contributed by atoms with E-state index in [-0.39, 0.29) is 49.7 Å². The molecule has 2 heterocycles. The molecule has 2 aromatic carbocycles. The van der Waals surface area contributed by atoms with Crippen molar-refractivity contribution in [3.8, 4) is 5.75 Å². The van der Waals surface area contributed by atoms with E-state index < -0.39 is 11.6 Å². The first-order valence-electron chi connectivity index (χ1n) is 10.8. The van der Waals surface area contributed by atoms with Crippen molar-refractivity contribution in [1.29, 1.82) is 0 Å². The largest absolute Gasteiger partial charge is 0.493 e. The van der Waals surface area contributed by atoms with Crippen LogP contribution in [-0.2, 0) is 14.3 Å². The summed E-state index contributed by atoms with van der Waals surface area (Å²) >= 11 is 0. The molecule has 0 radical (unpaired) electrons. The lowest BCUT2D eigenvalue weighted by Gasteiger charge is -2.48. The molecule has 0 spiro atoms. The number of benzene rings is 2. The Hall–Kier alpha value is -3.42. The summed E-state index contributed by atoms with van der Waals surface area (Å²) in [6, 6.07) is 12.5. The lowest BCUT2D eigenvalue weighted by Crippen LogP contribution is -2.69. The van der Waals surface area contributed by atoms with Gasteiger partial charge in [0.1, 0.15) is 11.6 Å². The number of para-hydroxylation sites is 1. The molecule has 7 nitrogen and oxygen atoms in total. The number of hydrogen-bond donors (Lipinski definition) is 0. The van der Waals surface area contributed by atoms with Crippen molar-refractivity contribution in [3.63, 3.8) is 0 Å². The van der Waals surface area contributed by atoms with E-state index in [9.17, 15) is 18.8 Å². The van der Waals surface area contributed by atoms with Gasteiger partial charge in [0.25, 0.3) is 5.91 Å². The topological polar surface area (TPSA) is 76.2 Å². The Morgan fingerprint density at radius 1 is 1.06 bits per heavy atom. The zero-order valence-electron chi connectivity index (χ0n) is 17.5. The lowest BCUT2D eigenvalue weighted by molar-refractivity contribution is -0.157. The first-order valence-corrected chi connectivity index (χ1v) is 10.8. The van der Waals surface area contributed by atoms with Gasteiger partial charge in [0, 0.05) is 25.3 Å². The molecule has 1 saturated carbocycles. The lowest BCUT2D eigenvalue weighted by atomic mass is 9.96. The van der Waals surface area contributed by atoms with Crippen molar-refractivity contribution in [1.82, 2.24) is 4.90 Å². The van der Waals surface area contributed by atoms with Crippen molar-refractivity contribution < 1.29 is 28.2 Å². The fraction of sp³-hybridized carbons (Fsp3) is 0.375. The van der Waals surface area contributed by atoms with Crippen LogP contribution in [0, 0.1) is 5.82 Å². The highest BCUT2D eigenvalue weighted by molar-refractivity contribution is 6.15. The van der Waals surface area contributed by atoms with Crippen LogP contribution in [0.25, 0.3) is 0 Å². The van der Waals surface area contributed by atoms with Gasteiger partial charge in [-0.3, -0.25) is 14.5 Å². The number of anilines is 1. The molecule has 1 atom stereocenters. The molecule has 1 saturated heterocycles. The maximum absolute atomic E-state index is 13.4. The van der Waals surface area contributed by atoms with E-state index in [1.54, 1.807) is 29.2 Å². The van der Waals surface area contributed by atoms with Gasteiger partial charge >= 0.3 is 5.97 Å². The van der Waals surface area contributed by atoms with Crippen LogP contribution in [0.5, 0.6) is 5.75 Å². The van der Waals surface area contributed by atoms with Gasteiger partial charge < -0.3 is 14.4 Å². The third-order valence-corrected chi connectivity index (χ3v) is 6.14. The first kappa shape index (κ1) is 20.5. The minimum absolute atomic E-state index is 0.0707. The van der Waals surface area contributed by atoms with Gasteiger partial charge in [0.15, 0.2) is 0 Å². The van der Waals surface area contributed by atoms with Crippen LogP contribution in [0.15, 0.2) is 48.5 Å². The molecule has 2 fully saturated rings. The normalized spacial score (nSPS) is 21.9. The van der Waals surface area contributed by atoms with Crippen molar-refractivity contribution in [3.05, 3.63) is 59.9 Å². The van der Waals surface area contributed by atoms with E-state index in [1.165, 1.54) is 29.2 Å². The number of carbonyl (C=O) groups excluding carboxylic acids is 3. The molecule has 1 aliphatic carbocycles. The van der Waals surface area contributed by atoms with Crippen molar-refractivity contribution in [2.75, 3.05) is 18.1 Å². The standard InChI is InChI=1S/C24H23FN2O5/c25-16-6-10-18(11-7-16)31-14-3-15-32-23(30)24-13-12-21(28)27(24)20-5-2-1-4-19(20)22(29)26(24)17-8-9-17/h1-2,4-7,10-11,17H,3,8-9,12-15H2. The summed E-state index contributed by atoms with van der Waals surface area (Å²) in [6.45, 7) is 0.362. The zero-order chi connectivity index (χ0) is 22.3. The SMILES string of the molecule is O=C1CCC2(C(=O)OCCCOc3ccc(F)cc3)N1c1ccccc1C(=O)N2C1CC1. The van der Waals surface area contributed by atoms with Crippen LogP contribution in [0.4, 0.5) is 10.1 Å². The van der Waals surface area contributed by atoms with Gasteiger partial charge in [-0.15, -0.1) is 0 Å². The summed E-state index contributed by atoms with van der Waals surface area (Å²) in [5.41, 5.74) is -0.527. The molecule has 1 unspecified atom stereocenters. The quantitative estimate of drug-likeness (QED) is 0.490. The molecular weight excluding hydrogens is 415 g/mol. The average Bonchev–Trinajstić information content (AvgIpc) is 3.57. The van der Waals surface area contributed by atoms with Gasteiger partial charge in [-0.25, -0.2) is 9.18 Å². The second kappa shape index (κ2) is 7.93. The van der Waals surface area contributed by atoms with Crippen LogP contribution in [0.3, 0.4) is 0 Å². The van der Waals surface area contributed by atoms with E-state index in [2.05, 4.69) is 0 Å². The molecule has 2 aromatic rings. The zero-order valence-corrected chi connectivity index (χ0v) is 17.5. The molecule has 0 aromatic heterocycles. The minimum Gasteiger partial charge on any atom is -0.493 e. The van der Waals surface area contributed by atoms with Gasteiger partial charge in [-0.05, 0) is 49.2 Å². The second-order valence-electron chi connectivity index (χ2n) is 8.26. The number of amides is 2. The van der Waals surface area contributed by atoms with Crippen LogP contribution in [0.1, 0.15) is 42.5 Å². The van der Waals surface area contributed by atoms with E-state index in [4.69, 9.17) is 9.47 Å². The monoisotopic (exact) mass is 438 g/mol. The predicted molar refractivity (Wildman–Crippen MR) is 113 cm³/mol. The highest BCUT2D eigenvalue weighted by atomic mass is 19.1. The Balaban J connectivity index is 1.32. The summed E-state index contributed by atoms with van der Waals surface area (Å²) in [4.78, 5) is 42.7. The maximum Gasteiger partial charge on any atom is 0.353 e. The molecule has 2 amide bonds. The third kappa shape index (κ3) is 3.30. The van der Waals surface area contributed by atoms with Crippen molar-refractivity contribution in [2.45, 2.75) is 43.8 Å². The minimum atomic E-state index is -1.43. The first-order chi connectivity index (χ1) is 15.5.